The molecule has 6 aromatic rings. The van der Waals surface area contributed by atoms with Crippen LogP contribution in [0.1, 0.15) is 27.8 Å². The fourth-order valence-corrected chi connectivity index (χ4v) is 6.89. The van der Waals surface area contributed by atoms with Gasteiger partial charge >= 0.3 is 0 Å². The van der Waals surface area contributed by atoms with Gasteiger partial charge in [0.25, 0.3) is 0 Å². The lowest BCUT2D eigenvalue weighted by molar-refractivity contribution is -0.214. The van der Waals surface area contributed by atoms with Crippen molar-refractivity contribution in [3.8, 4) is 0 Å². The molecule has 58 heavy (non-hydrogen) atoms. The van der Waals surface area contributed by atoms with Gasteiger partial charge in [-0.25, -0.2) is 4.39 Å². The standard InChI is InChI=1S/C49H51FO8/c50-46-47(51)43(33-52-28-36-15-5-1-6-16-36)58-49(46)57-35-45(55-31-38-19-9-3-10-20-38)48(56-32-39-21-11-4-12-22-39)44(54-30-37-17-7-2-8-18-37)34-53-29-40-25-26-41-23-13-14-24-42(41)27-40/h1-27,43-49,51H,28-35H2. The summed E-state index contributed by atoms with van der Waals surface area (Å²) in [7, 11) is 0. The van der Waals surface area contributed by atoms with Crippen LogP contribution >= 0.6 is 0 Å². The Morgan fingerprint density at radius 1 is 0.500 bits per heavy atom. The number of ether oxygens (including phenoxy) is 7. The van der Waals surface area contributed by atoms with Crippen LogP contribution in [-0.2, 0) is 66.2 Å². The van der Waals surface area contributed by atoms with Gasteiger partial charge in [-0.1, -0.05) is 158 Å². The predicted molar refractivity (Wildman–Crippen MR) is 220 cm³/mol. The van der Waals surface area contributed by atoms with Crippen molar-refractivity contribution in [2.75, 3.05) is 19.8 Å². The van der Waals surface area contributed by atoms with Crippen LogP contribution in [0, 0.1) is 0 Å². The second kappa shape index (κ2) is 21.8. The molecule has 0 aliphatic carbocycles. The molecule has 1 heterocycles. The van der Waals surface area contributed by atoms with Gasteiger partial charge in [0.1, 0.15) is 30.5 Å². The number of aliphatic hydroxyl groups excluding tert-OH is 1. The van der Waals surface area contributed by atoms with Crippen molar-refractivity contribution in [1.82, 2.24) is 0 Å². The number of hydrogen-bond acceptors (Lipinski definition) is 8. The molecule has 0 aromatic heterocycles. The van der Waals surface area contributed by atoms with Crippen molar-refractivity contribution in [1.29, 1.82) is 0 Å². The van der Waals surface area contributed by atoms with Crippen LogP contribution in [0.5, 0.6) is 0 Å². The summed E-state index contributed by atoms with van der Waals surface area (Å²) in [6, 6.07) is 53.7. The Kier molecular flexibility index (Phi) is 15.5. The van der Waals surface area contributed by atoms with Crippen LogP contribution in [0.2, 0.25) is 0 Å². The van der Waals surface area contributed by atoms with E-state index in [1.165, 1.54) is 0 Å². The molecule has 0 radical (unpaired) electrons. The fourth-order valence-electron chi connectivity index (χ4n) is 6.89. The zero-order chi connectivity index (χ0) is 39.8. The average Bonchev–Trinajstić information content (AvgIpc) is 3.55. The topological polar surface area (TPSA) is 84.8 Å². The quantitative estimate of drug-likeness (QED) is 0.0732. The van der Waals surface area contributed by atoms with Crippen LogP contribution in [0.3, 0.4) is 0 Å². The second-order valence-electron chi connectivity index (χ2n) is 14.4. The molecule has 7 unspecified atom stereocenters. The highest BCUT2D eigenvalue weighted by Gasteiger charge is 2.46. The highest BCUT2D eigenvalue weighted by Crippen LogP contribution is 2.28. The van der Waals surface area contributed by atoms with E-state index >= 15 is 4.39 Å². The number of halogens is 1. The van der Waals surface area contributed by atoms with E-state index in [4.69, 9.17) is 33.2 Å². The Morgan fingerprint density at radius 3 is 1.57 bits per heavy atom. The van der Waals surface area contributed by atoms with Gasteiger partial charge in [0, 0.05) is 0 Å². The number of benzene rings is 6. The molecule has 302 valence electrons. The maximum Gasteiger partial charge on any atom is 0.192 e. The third-order valence-electron chi connectivity index (χ3n) is 10.1. The Bertz CT molecular complexity index is 2060. The van der Waals surface area contributed by atoms with Gasteiger partial charge in [0.05, 0.1) is 52.9 Å². The van der Waals surface area contributed by atoms with Crippen molar-refractivity contribution in [2.45, 2.75) is 76.0 Å². The van der Waals surface area contributed by atoms with E-state index in [1.54, 1.807) is 0 Å². The molecule has 0 amide bonds. The smallest absolute Gasteiger partial charge is 0.192 e. The lowest BCUT2D eigenvalue weighted by Crippen LogP contribution is -2.48. The van der Waals surface area contributed by atoms with Gasteiger partial charge in [-0.3, -0.25) is 0 Å². The molecule has 7 rings (SSSR count). The summed E-state index contributed by atoms with van der Waals surface area (Å²) in [5, 5.41) is 13.1. The first-order chi connectivity index (χ1) is 28.6. The Balaban J connectivity index is 1.11. The van der Waals surface area contributed by atoms with Crippen molar-refractivity contribution in [3.63, 3.8) is 0 Å². The summed E-state index contributed by atoms with van der Waals surface area (Å²) in [5.74, 6) is 0. The largest absolute Gasteiger partial charge is 0.387 e. The number of rotatable bonds is 22. The Labute approximate surface area is 340 Å². The van der Waals surface area contributed by atoms with E-state index < -0.39 is 43.0 Å². The van der Waals surface area contributed by atoms with Gasteiger partial charge in [0.15, 0.2) is 12.5 Å². The molecule has 6 aromatic carbocycles. The molecule has 8 nitrogen and oxygen atoms in total. The molecule has 0 saturated carbocycles. The SMILES string of the molecule is OC1C(COCc2ccccc2)OC(OCC(OCc2ccccc2)C(OCc2ccccc2)C(COCc2ccc3ccccc3c2)OCc2ccccc2)C1F. The van der Waals surface area contributed by atoms with Crippen LogP contribution in [0.4, 0.5) is 4.39 Å². The second-order valence-corrected chi connectivity index (χ2v) is 14.4. The summed E-state index contributed by atoms with van der Waals surface area (Å²) in [5.41, 5.74) is 4.87. The van der Waals surface area contributed by atoms with E-state index in [2.05, 4.69) is 30.3 Å². The molecule has 1 aliphatic rings. The zero-order valence-corrected chi connectivity index (χ0v) is 32.5. The summed E-state index contributed by atoms with van der Waals surface area (Å²) in [4.78, 5) is 0. The first kappa shape index (κ1) is 41.4. The van der Waals surface area contributed by atoms with Gasteiger partial charge in [-0.15, -0.1) is 0 Å². The Hall–Kier alpha value is -4.81. The van der Waals surface area contributed by atoms with E-state index in [-0.39, 0.29) is 39.6 Å². The minimum atomic E-state index is -1.81. The molecule has 0 spiro atoms. The summed E-state index contributed by atoms with van der Waals surface area (Å²) in [6.07, 6.45) is -7.69. The van der Waals surface area contributed by atoms with Crippen molar-refractivity contribution < 1.29 is 42.7 Å². The third kappa shape index (κ3) is 12.1. The average molecular weight is 787 g/mol. The van der Waals surface area contributed by atoms with E-state index in [0.29, 0.717) is 13.2 Å². The maximum absolute atomic E-state index is 15.7. The lowest BCUT2D eigenvalue weighted by atomic mass is 10.1. The minimum absolute atomic E-state index is 0.00294. The summed E-state index contributed by atoms with van der Waals surface area (Å²) in [6.45, 7) is 1.45. The Morgan fingerprint density at radius 2 is 0.983 bits per heavy atom. The van der Waals surface area contributed by atoms with Crippen molar-refractivity contribution in [2.24, 2.45) is 0 Å². The van der Waals surface area contributed by atoms with Crippen LogP contribution in [-0.4, -0.2) is 67.9 Å². The van der Waals surface area contributed by atoms with Crippen LogP contribution < -0.4 is 0 Å². The maximum atomic E-state index is 15.7. The van der Waals surface area contributed by atoms with Crippen molar-refractivity contribution >= 4 is 10.8 Å². The first-order valence-corrected chi connectivity index (χ1v) is 19.8. The zero-order valence-electron chi connectivity index (χ0n) is 32.5. The minimum Gasteiger partial charge on any atom is -0.387 e. The van der Waals surface area contributed by atoms with E-state index in [0.717, 1.165) is 38.6 Å². The van der Waals surface area contributed by atoms with E-state index in [9.17, 15) is 5.11 Å². The van der Waals surface area contributed by atoms with E-state index in [1.807, 2.05) is 133 Å². The molecule has 9 heteroatoms. The predicted octanol–water partition coefficient (Wildman–Crippen LogP) is 8.77. The highest BCUT2D eigenvalue weighted by atomic mass is 19.1. The lowest BCUT2D eigenvalue weighted by Gasteiger charge is -2.34. The molecule has 1 fully saturated rings. The first-order valence-electron chi connectivity index (χ1n) is 19.8. The molecule has 1 aliphatic heterocycles. The molecule has 1 saturated heterocycles. The number of aliphatic hydroxyl groups is 1. The van der Waals surface area contributed by atoms with Crippen LogP contribution in [0.15, 0.2) is 164 Å². The highest BCUT2D eigenvalue weighted by molar-refractivity contribution is 5.82. The van der Waals surface area contributed by atoms with Gasteiger partial charge in [-0.05, 0) is 44.7 Å². The molecule has 1 N–H and O–H groups in total. The van der Waals surface area contributed by atoms with Gasteiger partial charge in [-0.2, -0.15) is 0 Å². The van der Waals surface area contributed by atoms with Crippen molar-refractivity contribution in [3.05, 3.63) is 192 Å². The molecular weight excluding hydrogens is 736 g/mol. The monoisotopic (exact) mass is 786 g/mol. The van der Waals surface area contributed by atoms with Gasteiger partial charge < -0.3 is 38.3 Å². The number of alkyl halides is 1. The molecule has 0 bridgehead atoms. The van der Waals surface area contributed by atoms with Crippen LogP contribution in [0.25, 0.3) is 10.8 Å². The number of hydrogen-bond donors (Lipinski definition) is 1. The summed E-state index contributed by atoms with van der Waals surface area (Å²) >= 11 is 0. The number of fused-ring (bicyclic) bond motifs is 1. The molecule has 7 atom stereocenters. The van der Waals surface area contributed by atoms with Gasteiger partial charge in [0.2, 0.25) is 0 Å². The third-order valence-corrected chi connectivity index (χ3v) is 10.1. The normalized spacial score (nSPS) is 19.6. The fraction of sp³-hybridized carbons (Fsp3) is 0.306. The summed E-state index contributed by atoms with van der Waals surface area (Å²) < 4.78 is 60.1. The molecular formula is C49H51FO8.